The molecule has 0 aliphatic heterocycles. The van der Waals surface area contributed by atoms with Crippen molar-refractivity contribution in [1.82, 2.24) is 0 Å². The minimum absolute atomic E-state index is 0.0332. The van der Waals surface area contributed by atoms with E-state index in [0.717, 1.165) is 21.5 Å². The molecule has 0 saturated carbocycles. The van der Waals surface area contributed by atoms with Gasteiger partial charge in [-0.3, -0.25) is 0 Å². The van der Waals surface area contributed by atoms with Crippen LogP contribution < -0.4 is 10.5 Å². The normalized spacial score (nSPS) is 11.4. The summed E-state index contributed by atoms with van der Waals surface area (Å²) in [5.41, 5.74) is 8.00. The van der Waals surface area contributed by atoms with E-state index >= 15 is 0 Å². The molecule has 0 bridgehead atoms. The third-order valence-electron chi connectivity index (χ3n) is 3.16. The van der Waals surface area contributed by atoms with E-state index in [1.54, 1.807) is 0 Å². The highest BCUT2D eigenvalue weighted by molar-refractivity contribution is 9.10. The smallest absolute Gasteiger partial charge is 0.133 e. The van der Waals surface area contributed by atoms with Crippen molar-refractivity contribution in [2.24, 2.45) is 5.73 Å². The highest BCUT2D eigenvalue weighted by Gasteiger charge is 2.19. The van der Waals surface area contributed by atoms with Crippen LogP contribution >= 0.6 is 15.9 Å². The van der Waals surface area contributed by atoms with E-state index < -0.39 is 0 Å². The van der Waals surface area contributed by atoms with Crippen LogP contribution in [0.4, 0.5) is 0 Å². The Morgan fingerprint density at radius 2 is 1.75 bits per heavy atom. The fraction of sp³-hybridized carbons (Fsp3) is 0.294. The second kappa shape index (κ2) is 5.98. The molecule has 0 saturated heterocycles. The summed E-state index contributed by atoms with van der Waals surface area (Å²) in [6.07, 6.45) is 0. The van der Waals surface area contributed by atoms with E-state index in [9.17, 15) is 0 Å². The van der Waals surface area contributed by atoms with Gasteiger partial charge in [0.25, 0.3) is 0 Å². The predicted molar refractivity (Wildman–Crippen MR) is 87.2 cm³/mol. The van der Waals surface area contributed by atoms with Crippen molar-refractivity contribution in [3.05, 3.63) is 58.1 Å². The topological polar surface area (TPSA) is 35.2 Å². The lowest BCUT2D eigenvalue weighted by Gasteiger charge is -2.23. The summed E-state index contributed by atoms with van der Waals surface area (Å²) < 4.78 is 7.11. The first-order valence-corrected chi connectivity index (χ1v) is 7.47. The second-order valence-corrected chi connectivity index (χ2v) is 6.72. The van der Waals surface area contributed by atoms with Gasteiger partial charge in [-0.25, -0.2) is 0 Å². The van der Waals surface area contributed by atoms with Gasteiger partial charge in [0, 0.05) is 22.1 Å². The van der Waals surface area contributed by atoms with E-state index in [-0.39, 0.29) is 5.41 Å². The van der Waals surface area contributed by atoms with Crippen LogP contribution in [0.25, 0.3) is 0 Å². The van der Waals surface area contributed by atoms with E-state index in [2.05, 4.69) is 42.8 Å². The van der Waals surface area contributed by atoms with Gasteiger partial charge in [0.1, 0.15) is 11.5 Å². The molecule has 2 nitrogen and oxygen atoms in total. The average molecular weight is 334 g/mol. The molecule has 0 atom stereocenters. The average Bonchev–Trinajstić information content (AvgIpc) is 2.38. The van der Waals surface area contributed by atoms with Gasteiger partial charge >= 0.3 is 0 Å². The zero-order valence-electron chi connectivity index (χ0n) is 12.1. The first-order valence-electron chi connectivity index (χ1n) is 6.67. The van der Waals surface area contributed by atoms with Crippen LogP contribution in [0, 0.1) is 0 Å². The summed E-state index contributed by atoms with van der Waals surface area (Å²) in [4.78, 5) is 0. The molecule has 0 radical (unpaired) electrons. The molecular formula is C17H20BrNO. The van der Waals surface area contributed by atoms with Crippen LogP contribution in [0.15, 0.2) is 46.9 Å². The zero-order valence-corrected chi connectivity index (χ0v) is 13.7. The summed E-state index contributed by atoms with van der Waals surface area (Å²) in [6, 6.07) is 14.1. The van der Waals surface area contributed by atoms with Gasteiger partial charge in [-0.05, 0) is 23.6 Å². The number of halogens is 1. The summed E-state index contributed by atoms with van der Waals surface area (Å²) in [6.45, 7) is 7.00. The molecule has 2 aromatic carbocycles. The molecule has 0 fully saturated rings. The van der Waals surface area contributed by atoms with Gasteiger partial charge in [-0.2, -0.15) is 0 Å². The van der Waals surface area contributed by atoms with Crippen LogP contribution in [-0.2, 0) is 12.0 Å². The summed E-state index contributed by atoms with van der Waals surface area (Å²) >= 11 is 3.48. The lowest BCUT2D eigenvalue weighted by molar-refractivity contribution is 0.450. The van der Waals surface area contributed by atoms with Gasteiger partial charge in [-0.15, -0.1) is 0 Å². The Morgan fingerprint density at radius 1 is 1.05 bits per heavy atom. The van der Waals surface area contributed by atoms with Gasteiger partial charge < -0.3 is 10.5 Å². The third-order valence-corrected chi connectivity index (χ3v) is 3.66. The Morgan fingerprint density at radius 3 is 2.40 bits per heavy atom. The number of rotatable bonds is 3. The largest absolute Gasteiger partial charge is 0.457 e. The predicted octanol–water partition coefficient (Wildman–Crippen LogP) is 5.00. The van der Waals surface area contributed by atoms with Crippen LogP contribution in [0.1, 0.15) is 31.9 Å². The number of ether oxygens (including phenoxy) is 1. The van der Waals surface area contributed by atoms with Crippen LogP contribution in [-0.4, -0.2) is 0 Å². The Kier molecular flexibility index (Phi) is 4.51. The fourth-order valence-corrected chi connectivity index (χ4v) is 2.43. The molecule has 2 N–H and O–H groups in total. The van der Waals surface area contributed by atoms with Crippen molar-refractivity contribution in [2.45, 2.75) is 32.7 Å². The first-order chi connectivity index (χ1) is 9.41. The SMILES string of the molecule is CC(C)(C)c1ccccc1Oc1cc(Br)ccc1CN. The molecule has 0 aliphatic carbocycles. The Balaban J connectivity index is 2.43. The monoisotopic (exact) mass is 333 g/mol. The van der Waals surface area contributed by atoms with Crippen molar-refractivity contribution in [3.63, 3.8) is 0 Å². The second-order valence-electron chi connectivity index (χ2n) is 5.80. The molecule has 0 aromatic heterocycles. The Hall–Kier alpha value is -1.32. The fourth-order valence-electron chi connectivity index (χ4n) is 2.09. The van der Waals surface area contributed by atoms with E-state index in [4.69, 9.17) is 10.5 Å². The lowest BCUT2D eigenvalue weighted by atomic mass is 9.86. The number of benzene rings is 2. The zero-order chi connectivity index (χ0) is 14.8. The number of nitrogens with two attached hydrogens (primary N) is 1. The Labute approximate surface area is 129 Å². The number of para-hydroxylation sites is 1. The van der Waals surface area contributed by atoms with E-state index in [0.29, 0.717) is 6.54 Å². The minimum atomic E-state index is 0.0332. The van der Waals surface area contributed by atoms with Crippen molar-refractivity contribution in [2.75, 3.05) is 0 Å². The number of hydrogen-bond acceptors (Lipinski definition) is 2. The maximum Gasteiger partial charge on any atom is 0.133 e. The first kappa shape index (κ1) is 15.1. The molecule has 0 spiro atoms. The van der Waals surface area contributed by atoms with Crippen molar-refractivity contribution in [3.8, 4) is 11.5 Å². The molecule has 2 aromatic rings. The molecule has 0 aliphatic rings. The highest BCUT2D eigenvalue weighted by atomic mass is 79.9. The van der Waals surface area contributed by atoms with Crippen molar-refractivity contribution in [1.29, 1.82) is 0 Å². The minimum Gasteiger partial charge on any atom is -0.457 e. The summed E-state index contributed by atoms with van der Waals surface area (Å²) in [7, 11) is 0. The van der Waals surface area contributed by atoms with Crippen LogP contribution in [0.2, 0.25) is 0 Å². The quantitative estimate of drug-likeness (QED) is 0.857. The van der Waals surface area contributed by atoms with Crippen LogP contribution in [0.3, 0.4) is 0 Å². The molecule has 106 valence electrons. The molecule has 2 rings (SSSR count). The lowest BCUT2D eigenvalue weighted by Crippen LogP contribution is -2.12. The van der Waals surface area contributed by atoms with Gasteiger partial charge in [0.05, 0.1) is 0 Å². The molecule has 0 unspecified atom stereocenters. The molecule has 0 heterocycles. The van der Waals surface area contributed by atoms with E-state index in [1.807, 2.05) is 36.4 Å². The van der Waals surface area contributed by atoms with Gasteiger partial charge in [0.2, 0.25) is 0 Å². The van der Waals surface area contributed by atoms with Crippen LogP contribution in [0.5, 0.6) is 11.5 Å². The third kappa shape index (κ3) is 3.41. The highest BCUT2D eigenvalue weighted by Crippen LogP contribution is 2.35. The Bertz CT molecular complexity index is 602. The molecule has 0 amide bonds. The van der Waals surface area contributed by atoms with Gasteiger partial charge in [0.15, 0.2) is 0 Å². The van der Waals surface area contributed by atoms with Crippen molar-refractivity contribution < 1.29 is 4.74 Å². The van der Waals surface area contributed by atoms with E-state index in [1.165, 1.54) is 5.56 Å². The maximum atomic E-state index is 6.13. The van der Waals surface area contributed by atoms with Crippen molar-refractivity contribution >= 4 is 15.9 Å². The molecular weight excluding hydrogens is 314 g/mol. The van der Waals surface area contributed by atoms with Gasteiger partial charge in [-0.1, -0.05) is 61.0 Å². The molecule has 3 heteroatoms. The summed E-state index contributed by atoms with van der Waals surface area (Å²) in [5.74, 6) is 1.69. The summed E-state index contributed by atoms with van der Waals surface area (Å²) in [5, 5.41) is 0. The maximum absolute atomic E-state index is 6.13. The molecule has 20 heavy (non-hydrogen) atoms. The number of hydrogen-bond donors (Lipinski definition) is 1. The standard InChI is InChI=1S/C17H20BrNO/c1-17(2,3)14-6-4-5-7-15(14)20-16-10-13(18)9-8-12(16)11-19/h4-10H,11,19H2,1-3H3.